The summed E-state index contributed by atoms with van der Waals surface area (Å²) in [5, 5.41) is 11.2. The van der Waals surface area contributed by atoms with Crippen LogP contribution in [-0.4, -0.2) is 51.7 Å². The third-order valence-corrected chi connectivity index (χ3v) is 3.89. The van der Waals surface area contributed by atoms with Gasteiger partial charge in [0.2, 0.25) is 5.65 Å². The summed E-state index contributed by atoms with van der Waals surface area (Å²) in [5.41, 5.74) is 6.60. The normalized spacial score (nSPS) is 18.7. The number of nitrogens with zero attached hydrogens (tertiary/aromatic N) is 6. The lowest BCUT2D eigenvalue weighted by molar-refractivity contribution is 0.422. The van der Waals surface area contributed by atoms with E-state index in [-0.39, 0.29) is 24.0 Å². The number of rotatable bonds is 4. The number of piperidine rings is 1. The van der Waals surface area contributed by atoms with Crippen molar-refractivity contribution < 1.29 is 0 Å². The first-order valence-corrected chi connectivity index (χ1v) is 7.71. The van der Waals surface area contributed by atoms with Crippen LogP contribution in [-0.2, 0) is 0 Å². The second-order valence-electron chi connectivity index (χ2n) is 5.52. The van der Waals surface area contributed by atoms with Crippen molar-refractivity contribution in [3.63, 3.8) is 0 Å². The van der Waals surface area contributed by atoms with Gasteiger partial charge in [0, 0.05) is 38.6 Å². The van der Waals surface area contributed by atoms with Gasteiger partial charge in [0.05, 0.1) is 0 Å². The van der Waals surface area contributed by atoms with E-state index in [1.54, 1.807) is 12.5 Å². The fourth-order valence-corrected chi connectivity index (χ4v) is 2.84. The molecule has 0 aliphatic carbocycles. The largest absolute Gasteiger partial charge is 0.370 e. The molecule has 126 valence electrons. The van der Waals surface area contributed by atoms with Crippen LogP contribution in [0.5, 0.6) is 0 Å². The van der Waals surface area contributed by atoms with Gasteiger partial charge >= 0.3 is 0 Å². The summed E-state index contributed by atoms with van der Waals surface area (Å²) >= 11 is 0. The van der Waals surface area contributed by atoms with Gasteiger partial charge in [-0.1, -0.05) is 0 Å². The minimum Gasteiger partial charge on any atom is -0.370 e. The Kier molecular flexibility index (Phi) is 6.37. The van der Waals surface area contributed by atoms with Gasteiger partial charge in [0.1, 0.15) is 6.33 Å². The molecule has 8 nitrogen and oxygen atoms in total. The van der Waals surface area contributed by atoms with E-state index < -0.39 is 0 Å². The van der Waals surface area contributed by atoms with E-state index in [1.807, 2.05) is 17.5 Å². The Morgan fingerprint density at radius 2 is 2.39 bits per heavy atom. The Labute approximate surface area is 152 Å². The van der Waals surface area contributed by atoms with Crippen LogP contribution in [0.15, 0.2) is 23.7 Å². The average molecular weight is 430 g/mol. The van der Waals surface area contributed by atoms with Gasteiger partial charge in [-0.2, -0.15) is 0 Å². The number of fused-ring (bicyclic) bond motifs is 1. The van der Waals surface area contributed by atoms with Crippen molar-refractivity contribution >= 4 is 41.4 Å². The standard InChI is InChI=1S/C14H22N8.HI/c1-2-16-14(15)18-8-11-4-3-6-21(9-11)12-13-20-19-10-22(13)7-5-17-12;/h5,7,10-11H,2-4,6,8-9H2,1H3,(H3,15,16,18);1H. The van der Waals surface area contributed by atoms with Crippen molar-refractivity contribution in [3.05, 3.63) is 18.7 Å². The number of nitrogens with one attached hydrogen (secondary N) is 1. The lowest BCUT2D eigenvalue weighted by atomic mass is 9.98. The van der Waals surface area contributed by atoms with Crippen LogP contribution in [0.25, 0.3) is 5.65 Å². The molecular formula is C14H23IN8. The molecule has 3 N–H and O–H groups in total. The first-order valence-electron chi connectivity index (χ1n) is 7.71. The average Bonchev–Trinajstić information content (AvgIpc) is 3.02. The molecule has 2 aromatic heterocycles. The molecule has 0 aromatic carbocycles. The molecule has 0 bridgehead atoms. The van der Waals surface area contributed by atoms with Gasteiger partial charge in [0.15, 0.2) is 11.8 Å². The van der Waals surface area contributed by atoms with E-state index in [1.165, 1.54) is 0 Å². The molecule has 0 saturated carbocycles. The fraction of sp³-hybridized carbons (Fsp3) is 0.571. The van der Waals surface area contributed by atoms with Gasteiger partial charge in [-0.25, -0.2) is 4.98 Å². The zero-order valence-corrected chi connectivity index (χ0v) is 15.6. The summed E-state index contributed by atoms with van der Waals surface area (Å²) in [4.78, 5) is 11.2. The zero-order valence-electron chi connectivity index (χ0n) is 13.2. The Hall–Kier alpha value is -1.65. The monoisotopic (exact) mass is 430 g/mol. The van der Waals surface area contributed by atoms with E-state index >= 15 is 0 Å². The maximum atomic E-state index is 5.80. The molecule has 1 atom stereocenters. The second-order valence-corrected chi connectivity index (χ2v) is 5.52. The van der Waals surface area contributed by atoms with E-state index in [4.69, 9.17) is 5.73 Å². The smallest absolute Gasteiger partial charge is 0.203 e. The van der Waals surface area contributed by atoms with Gasteiger partial charge in [-0.15, -0.1) is 34.2 Å². The molecule has 3 heterocycles. The number of aliphatic imine (C=N–C) groups is 1. The number of aromatic nitrogens is 4. The van der Waals surface area contributed by atoms with E-state index in [0.717, 1.165) is 50.5 Å². The lowest BCUT2D eigenvalue weighted by Gasteiger charge is -2.32. The first-order chi connectivity index (χ1) is 10.8. The minimum absolute atomic E-state index is 0. The molecule has 3 rings (SSSR count). The molecule has 1 aliphatic heterocycles. The highest BCUT2D eigenvalue weighted by Crippen LogP contribution is 2.24. The molecule has 0 amide bonds. The number of hydrogen-bond donors (Lipinski definition) is 2. The minimum atomic E-state index is 0. The van der Waals surface area contributed by atoms with Gasteiger partial charge < -0.3 is 16.0 Å². The molecule has 1 aliphatic rings. The summed E-state index contributed by atoms with van der Waals surface area (Å²) < 4.78 is 1.90. The first kappa shape index (κ1) is 17.7. The van der Waals surface area contributed by atoms with E-state index in [9.17, 15) is 0 Å². The number of guanidine groups is 1. The topological polar surface area (TPSA) is 96.7 Å². The Morgan fingerprint density at radius 1 is 1.52 bits per heavy atom. The number of anilines is 1. The molecule has 1 saturated heterocycles. The van der Waals surface area contributed by atoms with Crippen molar-refractivity contribution in [1.82, 2.24) is 24.9 Å². The zero-order chi connectivity index (χ0) is 15.4. The quantitative estimate of drug-likeness (QED) is 0.425. The van der Waals surface area contributed by atoms with Crippen molar-refractivity contribution in [2.24, 2.45) is 16.6 Å². The Balaban J connectivity index is 0.00000192. The molecule has 1 fully saturated rings. The predicted octanol–water partition coefficient (Wildman–Crippen LogP) is 0.883. The van der Waals surface area contributed by atoms with Crippen LogP contribution in [0.1, 0.15) is 19.8 Å². The highest BCUT2D eigenvalue weighted by molar-refractivity contribution is 14.0. The third kappa shape index (κ3) is 4.21. The maximum absolute atomic E-state index is 5.80. The van der Waals surface area contributed by atoms with Crippen LogP contribution in [0, 0.1) is 5.92 Å². The Morgan fingerprint density at radius 3 is 3.22 bits per heavy atom. The third-order valence-electron chi connectivity index (χ3n) is 3.89. The number of halogens is 1. The molecule has 0 spiro atoms. The van der Waals surface area contributed by atoms with Gasteiger partial charge in [0.25, 0.3) is 0 Å². The summed E-state index contributed by atoms with van der Waals surface area (Å²) in [5.74, 6) is 1.90. The van der Waals surface area contributed by atoms with Crippen molar-refractivity contribution in [3.8, 4) is 0 Å². The van der Waals surface area contributed by atoms with Crippen LogP contribution < -0.4 is 16.0 Å². The van der Waals surface area contributed by atoms with Crippen molar-refractivity contribution in [2.75, 3.05) is 31.1 Å². The molecule has 9 heteroatoms. The second kappa shape index (κ2) is 8.27. The highest BCUT2D eigenvalue weighted by atomic mass is 127. The molecule has 0 radical (unpaired) electrons. The van der Waals surface area contributed by atoms with Crippen molar-refractivity contribution in [1.29, 1.82) is 0 Å². The summed E-state index contributed by atoms with van der Waals surface area (Å²) in [6.45, 7) is 5.45. The van der Waals surface area contributed by atoms with Gasteiger partial charge in [-0.3, -0.25) is 9.39 Å². The maximum Gasteiger partial charge on any atom is 0.203 e. The fourth-order valence-electron chi connectivity index (χ4n) is 2.84. The van der Waals surface area contributed by atoms with Crippen molar-refractivity contribution in [2.45, 2.75) is 19.8 Å². The predicted molar refractivity (Wildman–Crippen MR) is 101 cm³/mol. The lowest BCUT2D eigenvalue weighted by Crippen LogP contribution is -2.38. The summed E-state index contributed by atoms with van der Waals surface area (Å²) in [6, 6.07) is 0. The van der Waals surface area contributed by atoms with Crippen LogP contribution in [0.4, 0.5) is 5.82 Å². The SMILES string of the molecule is CCNC(N)=NCC1CCCN(c2nccn3cnnc23)C1.I. The van der Waals surface area contributed by atoms with Crippen LogP contribution in [0.3, 0.4) is 0 Å². The summed E-state index contributed by atoms with van der Waals surface area (Å²) in [7, 11) is 0. The van der Waals surface area contributed by atoms with Gasteiger partial charge in [-0.05, 0) is 25.7 Å². The van der Waals surface area contributed by atoms with Crippen LogP contribution in [0.2, 0.25) is 0 Å². The number of nitrogens with two attached hydrogens (primary N) is 1. The Bertz CT molecular complexity index is 655. The molecule has 23 heavy (non-hydrogen) atoms. The highest BCUT2D eigenvalue weighted by Gasteiger charge is 2.23. The van der Waals surface area contributed by atoms with Crippen LogP contribution >= 0.6 is 24.0 Å². The molecule has 2 aromatic rings. The summed E-state index contributed by atoms with van der Waals surface area (Å²) in [6.07, 6.45) is 7.63. The van der Waals surface area contributed by atoms with E-state index in [2.05, 4.69) is 30.4 Å². The van der Waals surface area contributed by atoms with E-state index in [0.29, 0.717) is 11.9 Å². The number of hydrogen-bond acceptors (Lipinski definition) is 5. The molecule has 1 unspecified atom stereocenters. The molecular weight excluding hydrogens is 407 g/mol.